The third kappa shape index (κ3) is 4.38. The van der Waals surface area contributed by atoms with E-state index in [9.17, 15) is 19.5 Å². The van der Waals surface area contributed by atoms with Crippen LogP contribution in [0.4, 0.5) is 5.69 Å². The summed E-state index contributed by atoms with van der Waals surface area (Å²) in [5.41, 5.74) is 5.37. The largest absolute Gasteiger partial charge is 0.478 e. The van der Waals surface area contributed by atoms with Crippen molar-refractivity contribution >= 4 is 58.5 Å². The third-order valence-corrected chi connectivity index (χ3v) is 6.50. The molecule has 0 spiro atoms. The fourth-order valence-corrected chi connectivity index (χ4v) is 4.77. The van der Waals surface area contributed by atoms with Crippen LogP contribution in [0.1, 0.15) is 38.4 Å². The van der Waals surface area contributed by atoms with E-state index < -0.39 is 17.8 Å². The minimum Gasteiger partial charge on any atom is -0.478 e. The second kappa shape index (κ2) is 9.13. The Bertz CT molecular complexity index is 1470. The number of nitrogens with zero attached hydrogens (tertiary/aromatic N) is 2. The van der Waals surface area contributed by atoms with Gasteiger partial charge in [0.2, 0.25) is 0 Å². The summed E-state index contributed by atoms with van der Waals surface area (Å²) < 4.78 is 1.88. The summed E-state index contributed by atoms with van der Waals surface area (Å²) in [7, 11) is 0. The molecule has 4 rings (SSSR count). The first-order chi connectivity index (χ1) is 16.5. The van der Waals surface area contributed by atoms with Crippen LogP contribution in [0.25, 0.3) is 11.8 Å². The predicted octanol–water partition coefficient (Wildman–Crippen LogP) is 4.89. The zero-order valence-electron chi connectivity index (χ0n) is 19.5. The molecule has 1 aromatic heterocycles. The van der Waals surface area contributed by atoms with Gasteiger partial charge in [-0.3, -0.25) is 19.8 Å². The molecule has 2 N–H and O–H groups in total. The standard InChI is InChI=1S/C26H22ClN3O4S/c1-13-5-8-22(14(2)9-13)30-24(32)20(23(31)28-26(30)35)11-17-10-15(3)29(16(17)4)18-6-7-19(25(33)34)21(27)12-18/h5-12H,1-4H3,(H,33,34)(H,28,31,35)/b20-11+. The minimum absolute atomic E-state index is 0.00662. The van der Waals surface area contributed by atoms with Gasteiger partial charge in [0.05, 0.1) is 16.3 Å². The van der Waals surface area contributed by atoms with Crippen molar-refractivity contribution in [2.45, 2.75) is 27.7 Å². The zero-order valence-corrected chi connectivity index (χ0v) is 21.0. The molecule has 0 radical (unpaired) electrons. The van der Waals surface area contributed by atoms with E-state index in [4.69, 9.17) is 23.8 Å². The number of aromatic carboxylic acids is 1. The number of rotatable bonds is 4. The summed E-state index contributed by atoms with van der Waals surface area (Å²) in [4.78, 5) is 38.8. The molecule has 1 saturated heterocycles. The normalized spacial score (nSPS) is 15.1. The lowest BCUT2D eigenvalue weighted by atomic mass is 10.0. The Morgan fingerprint density at radius 2 is 1.77 bits per heavy atom. The van der Waals surface area contributed by atoms with Crippen molar-refractivity contribution in [3.05, 3.63) is 86.7 Å². The number of carbonyl (C=O) groups excluding carboxylic acids is 2. The van der Waals surface area contributed by atoms with Gasteiger partial charge in [-0.2, -0.15) is 0 Å². The Balaban J connectivity index is 1.77. The molecule has 0 bridgehead atoms. The summed E-state index contributed by atoms with van der Waals surface area (Å²) in [6.45, 7) is 7.55. The molecule has 7 nitrogen and oxygen atoms in total. The molecule has 2 heterocycles. The molecule has 178 valence electrons. The number of hydrogen-bond donors (Lipinski definition) is 2. The predicted molar refractivity (Wildman–Crippen MR) is 139 cm³/mol. The lowest BCUT2D eigenvalue weighted by Gasteiger charge is -2.30. The Morgan fingerprint density at radius 1 is 1.06 bits per heavy atom. The first-order valence-corrected chi connectivity index (χ1v) is 11.5. The Morgan fingerprint density at radius 3 is 2.40 bits per heavy atom. The number of amides is 2. The number of hydrogen-bond acceptors (Lipinski definition) is 4. The number of carbonyl (C=O) groups is 3. The second-order valence-electron chi connectivity index (χ2n) is 8.38. The first kappa shape index (κ1) is 24.4. The van der Waals surface area contributed by atoms with Crippen LogP contribution < -0.4 is 10.2 Å². The van der Waals surface area contributed by atoms with Crippen LogP contribution in [-0.2, 0) is 9.59 Å². The molecule has 3 aromatic rings. The van der Waals surface area contributed by atoms with Crippen LogP contribution in [0.5, 0.6) is 0 Å². The van der Waals surface area contributed by atoms with Gasteiger partial charge in [0.1, 0.15) is 5.57 Å². The quantitative estimate of drug-likeness (QED) is 0.298. The van der Waals surface area contributed by atoms with Gasteiger partial charge in [0, 0.05) is 17.1 Å². The number of halogens is 1. The molecule has 0 atom stereocenters. The Kier molecular flexibility index (Phi) is 6.36. The second-order valence-corrected chi connectivity index (χ2v) is 9.17. The van der Waals surface area contributed by atoms with Gasteiger partial charge in [-0.05, 0) is 87.4 Å². The number of benzene rings is 2. The molecule has 0 unspecified atom stereocenters. The van der Waals surface area contributed by atoms with Gasteiger partial charge in [-0.25, -0.2) is 4.79 Å². The maximum atomic E-state index is 13.4. The van der Waals surface area contributed by atoms with Crippen molar-refractivity contribution in [3.63, 3.8) is 0 Å². The van der Waals surface area contributed by atoms with E-state index in [1.807, 2.05) is 50.5 Å². The molecule has 1 fully saturated rings. The van der Waals surface area contributed by atoms with Gasteiger partial charge in [0.15, 0.2) is 5.11 Å². The highest BCUT2D eigenvalue weighted by Crippen LogP contribution is 2.29. The summed E-state index contributed by atoms with van der Waals surface area (Å²) >= 11 is 11.5. The molecule has 2 amide bonds. The Hall–Kier alpha value is -3.75. The molecule has 2 aromatic carbocycles. The van der Waals surface area contributed by atoms with E-state index in [-0.39, 0.29) is 21.3 Å². The van der Waals surface area contributed by atoms with Gasteiger partial charge in [0.25, 0.3) is 11.8 Å². The van der Waals surface area contributed by atoms with Crippen molar-refractivity contribution in [3.8, 4) is 5.69 Å². The number of carboxylic acid groups (broad SMARTS) is 1. The molecule has 9 heteroatoms. The smallest absolute Gasteiger partial charge is 0.337 e. The van der Waals surface area contributed by atoms with Crippen molar-refractivity contribution in [2.75, 3.05) is 4.90 Å². The number of aromatic nitrogens is 1. The van der Waals surface area contributed by atoms with Crippen LogP contribution >= 0.6 is 23.8 Å². The molecule has 1 aliphatic heterocycles. The molecular formula is C26H22ClN3O4S. The average Bonchev–Trinajstić information content (AvgIpc) is 3.05. The maximum Gasteiger partial charge on any atom is 0.337 e. The highest BCUT2D eigenvalue weighted by atomic mass is 35.5. The summed E-state index contributed by atoms with van der Waals surface area (Å²) in [5.74, 6) is -2.19. The molecular weight excluding hydrogens is 486 g/mol. The van der Waals surface area contributed by atoms with Crippen molar-refractivity contribution < 1.29 is 19.5 Å². The highest BCUT2D eigenvalue weighted by Gasteiger charge is 2.35. The third-order valence-electron chi connectivity index (χ3n) is 5.91. The van der Waals surface area contributed by atoms with Crippen LogP contribution in [0.15, 0.2) is 48.0 Å². The monoisotopic (exact) mass is 507 g/mol. The van der Waals surface area contributed by atoms with E-state index >= 15 is 0 Å². The zero-order chi connectivity index (χ0) is 25.6. The van der Waals surface area contributed by atoms with Crippen molar-refractivity contribution in [1.29, 1.82) is 0 Å². The number of anilines is 1. The van der Waals surface area contributed by atoms with Gasteiger partial charge in [-0.1, -0.05) is 29.3 Å². The maximum absolute atomic E-state index is 13.4. The summed E-state index contributed by atoms with van der Waals surface area (Å²) in [5, 5.41) is 12.0. The Labute approximate surface area is 212 Å². The first-order valence-electron chi connectivity index (χ1n) is 10.7. The van der Waals surface area contributed by atoms with E-state index in [1.54, 1.807) is 24.3 Å². The summed E-state index contributed by atoms with van der Waals surface area (Å²) in [6, 6.07) is 12.1. The van der Waals surface area contributed by atoms with E-state index in [1.165, 1.54) is 11.0 Å². The lowest BCUT2D eigenvalue weighted by molar-refractivity contribution is -0.122. The number of aryl methyl sites for hydroxylation is 3. The van der Waals surface area contributed by atoms with E-state index in [0.29, 0.717) is 16.9 Å². The average molecular weight is 508 g/mol. The number of nitrogens with one attached hydrogen (secondary N) is 1. The number of carboxylic acids is 1. The van der Waals surface area contributed by atoms with Crippen LogP contribution in [0.3, 0.4) is 0 Å². The molecule has 35 heavy (non-hydrogen) atoms. The molecule has 1 aliphatic rings. The SMILES string of the molecule is Cc1ccc(N2C(=O)/C(=C/c3cc(C)n(-c4ccc(C(=O)O)c(Cl)c4)c3C)C(=O)NC2=S)c(C)c1. The van der Waals surface area contributed by atoms with E-state index in [0.717, 1.165) is 22.5 Å². The van der Waals surface area contributed by atoms with E-state index in [2.05, 4.69) is 5.32 Å². The minimum atomic E-state index is -1.11. The topological polar surface area (TPSA) is 91.6 Å². The summed E-state index contributed by atoms with van der Waals surface area (Å²) in [6.07, 6.45) is 1.54. The van der Waals surface area contributed by atoms with Gasteiger partial charge in [-0.15, -0.1) is 0 Å². The fraction of sp³-hybridized carbons (Fsp3) is 0.154. The van der Waals surface area contributed by atoms with Crippen LogP contribution in [-0.4, -0.2) is 32.6 Å². The van der Waals surface area contributed by atoms with Gasteiger partial charge < -0.3 is 9.67 Å². The highest BCUT2D eigenvalue weighted by molar-refractivity contribution is 7.80. The lowest BCUT2D eigenvalue weighted by Crippen LogP contribution is -2.54. The van der Waals surface area contributed by atoms with Gasteiger partial charge >= 0.3 is 5.97 Å². The van der Waals surface area contributed by atoms with Crippen molar-refractivity contribution in [1.82, 2.24) is 9.88 Å². The molecule has 0 saturated carbocycles. The van der Waals surface area contributed by atoms with Crippen LogP contribution in [0.2, 0.25) is 5.02 Å². The number of thiocarbonyl (C=S) groups is 1. The van der Waals surface area contributed by atoms with Crippen LogP contribution in [0, 0.1) is 27.7 Å². The fourth-order valence-electron chi connectivity index (χ4n) is 4.24. The molecule has 0 aliphatic carbocycles. The van der Waals surface area contributed by atoms with Crippen molar-refractivity contribution in [2.24, 2.45) is 0 Å².